The summed E-state index contributed by atoms with van der Waals surface area (Å²) >= 11 is 0. The Labute approximate surface area is 163 Å². The molecule has 3 N–H and O–H groups in total. The van der Waals surface area contributed by atoms with E-state index in [0.717, 1.165) is 37.8 Å². The maximum Gasteiger partial charge on any atom is 0.354 e. The molecule has 2 aromatic rings. The van der Waals surface area contributed by atoms with Gasteiger partial charge in [0.2, 0.25) is 5.88 Å². The first-order valence-corrected chi connectivity index (χ1v) is 11.2. The van der Waals surface area contributed by atoms with Gasteiger partial charge in [0.15, 0.2) is 9.92 Å². The van der Waals surface area contributed by atoms with E-state index >= 15 is 0 Å². The van der Waals surface area contributed by atoms with Crippen LogP contribution in [-0.4, -0.2) is 26.6 Å². The minimum absolute atomic E-state index is 0.169. The highest BCUT2D eigenvalue weighted by Gasteiger charge is 2.31. The molecule has 3 aliphatic rings. The smallest absolute Gasteiger partial charge is 0.354 e. The molecule has 0 bridgehead atoms. The molecule has 1 aromatic heterocycles. The average Bonchev–Trinajstić information content (AvgIpc) is 3.27. The first-order chi connectivity index (χ1) is 13.4. The summed E-state index contributed by atoms with van der Waals surface area (Å²) in [5.41, 5.74) is 5.80. The molecule has 2 aliphatic carbocycles. The van der Waals surface area contributed by atoms with Crippen LogP contribution in [0.1, 0.15) is 47.9 Å². The van der Waals surface area contributed by atoms with Crippen LogP contribution in [0, 0.1) is 0 Å². The summed E-state index contributed by atoms with van der Waals surface area (Å²) in [7, 11) is -3.46. The zero-order chi connectivity index (χ0) is 19.5. The molecule has 2 atom stereocenters. The number of amides is 2. The lowest BCUT2D eigenvalue weighted by Gasteiger charge is -2.31. The van der Waals surface area contributed by atoms with Gasteiger partial charge in [-0.15, -0.1) is 4.36 Å². The molecular formula is C19H23N5O3S. The Morgan fingerprint density at radius 1 is 1.39 bits per heavy atom. The summed E-state index contributed by atoms with van der Waals surface area (Å²) < 4.78 is 24.0. The fraction of sp³-hybridized carbons (Fsp3) is 0.474. The molecule has 0 saturated carbocycles. The highest BCUT2D eigenvalue weighted by atomic mass is 32.2. The van der Waals surface area contributed by atoms with Crippen LogP contribution in [0.25, 0.3) is 0 Å². The second-order valence-corrected chi connectivity index (χ2v) is 9.51. The number of fused-ring (bicyclic) bond motifs is 3. The van der Waals surface area contributed by atoms with E-state index in [9.17, 15) is 9.00 Å². The van der Waals surface area contributed by atoms with E-state index in [1.54, 1.807) is 4.68 Å². The Balaban J connectivity index is 1.49. The molecule has 2 amide bonds. The quantitative estimate of drug-likeness (QED) is 0.806. The maximum atomic E-state index is 13.0. The van der Waals surface area contributed by atoms with Crippen molar-refractivity contribution < 1.29 is 13.7 Å². The number of nitrogens with zero attached hydrogens (tertiary/aromatic N) is 3. The molecule has 28 heavy (non-hydrogen) atoms. The minimum Gasteiger partial charge on any atom is -0.477 e. The van der Waals surface area contributed by atoms with Crippen LogP contribution in [0.5, 0.6) is 5.88 Å². The predicted molar refractivity (Wildman–Crippen MR) is 105 cm³/mol. The highest BCUT2D eigenvalue weighted by Crippen LogP contribution is 2.45. The molecule has 2 heterocycles. The van der Waals surface area contributed by atoms with E-state index in [4.69, 9.17) is 9.88 Å². The van der Waals surface area contributed by atoms with Gasteiger partial charge in [-0.3, -0.25) is 0 Å². The fourth-order valence-corrected chi connectivity index (χ4v) is 5.55. The number of carbonyl (C=O) groups excluding carboxylic acids is 1. The molecule has 1 aliphatic heterocycles. The number of hydrogen-bond acceptors (Lipinski definition) is 4. The number of aromatic nitrogens is 2. The van der Waals surface area contributed by atoms with Crippen LogP contribution >= 0.6 is 0 Å². The summed E-state index contributed by atoms with van der Waals surface area (Å²) in [4.78, 5) is 12.8. The van der Waals surface area contributed by atoms with Crippen molar-refractivity contribution in [2.24, 2.45) is 9.50 Å². The lowest BCUT2D eigenvalue weighted by Crippen LogP contribution is -2.23. The van der Waals surface area contributed by atoms with E-state index in [0.29, 0.717) is 24.9 Å². The summed E-state index contributed by atoms with van der Waals surface area (Å²) in [5.74, 6) is 0.739. The highest BCUT2D eigenvalue weighted by molar-refractivity contribution is 7.91. The first-order valence-electron chi connectivity index (χ1n) is 9.66. The van der Waals surface area contributed by atoms with Gasteiger partial charge < -0.3 is 10.1 Å². The molecule has 8 nitrogen and oxygen atoms in total. The topological polar surface area (TPSA) is 112 Å². The van der Waals surface area contributed by atoms with Crippen molar-refractivity contribution in [1.29, 1.82) is 0 Å². The van der Waals surface area contributed by atoms with E-state index in [1.165, 1.54) is 28.5 Å². The van der Waals surface area contributed by atoms with Crippen molar-refractivity contribution in [3.05, 3.63) is 34.5 Å². The van der Waals surface area contributed by atoms with E-state index < -0.39 is 15.9 Å². The molecule has 148 valence electrons. The van der Waals surface area contributed by atoms with Crippen LogP contribution in [0.2, 0.25) is 0 Å². The summed E-state index contributed by atoms with van der Waals surface area (Å²) in [6.45, 7) is 3.32. The number of urea groups is 1. The molecule has 0 fully saturated rings. The number of rotatable bonds is 2. The van der Waals surface area contributed by atoms with Crippen LogP contribution in [0.3, 0.4) is 0 Å². The second kappa shape index (κ2) is 6.31. The summed E-state index contributed by atoms with van der Waals surface area (Å²) in [5, 5.41) is 13.0. The van der Waals surface area contributed by atoms with Gasteiger partial charge in [-0.2, -0.15) is 5.10 Å². The Morgan fingerprint density at radius 2 is 2.25 bits per heavy atom. The van der Waals surface area contributed by atoms with Crippen molar-refractivity contribution in [3.63, 3.8) is 0 Å². The van der Waals surface area contributed by atoms with Crippen molar-refractivity contribution >= 4 is 21.6 Å². The number of benzene rings is 1. The lowest BCUT2D eigenvalue weighted by atomic mass is 9.75. The number of aryl methyl sites for hydroxylation is 2. The number of nitrogens with one attached hydrogen (secondary N) is 1. The molecule has 1 unspecified atom stereocenters. The van der Waals surface area contributed by atoms with E-state index in [1.807, 2.05) is 0 Å². The van der Waals surface area contributed by atoms with Crippen LogP contribution in [-0.2, 0) is 35.7 Å². The Morgan fingerprint density at radius 3 is 3.07 bits per heavy atom. The molecule has 5 rings (SSSR count). The number of ether oxygens (including phenoxy) is 1. The first kappa shape index (κ1) is 17.7. The van der Waals surface area contributed by atoms with Crippen molar-refractivity contribution in [2.45, 2.75) is 56.4 Å². The lowest BCUT2D eigenvalue weighted by molar-refractivity contribution is 0.224. The van der Waals surface area contributed by atoms with Gasteiger partial charge in [0.05, 0.1) is 12.8 Å². The third kappa shape index (κ3) is 2.72. The molecule has 1 aromatic carbocycles. The number of carbonyl (C=O) groups is 1. The molecular weight excluding hydrogens is 378 g/mol. The van der Waals surface area contributed by atoms with Gasteiger partial charge in [0.1, 0.15) is 4.90 Å². The standard InChI is InChI=1S/C19H23N5O3S/c1-11-8-13-9-12-4-2-5-14(12)17(16(11)13)22-19(25)23-28(20,26)15-10-21-24-6-3-7-27-18(15)24/h9-11H,2-8H2,1H3,(H3,20,22,23,25,26)/t11-,28?/m1/s1. The Kier molecular flexibility index (Phi) is 3.99. The van der Waals surface area contributed by atoms with Crippen molar-refractivity contribution in [1.82, 2.24) is 9.78 Å². The number of hydrogen-bond donors (Lipinski definition) is 2. The molecule has 0 saturated heterocycles. The number of anilines is 1. The maximum absolute atomic E-state index is 13.0. The monoisotopic (exact) mass is 401 g/mol. The van der Waals surface area contributed by atoms with E-state index in [2.05, 4.69) is 27.8 Å². The van der Waals surface area contributed by atoms with Crippen LogP contribution < -0.4 is 15.2 Å². The zero-order valence-electron chi connectivity index (χ0n) is 15.7. The Hall–Kier alpha value is -2.39. The third-order valence-corrected chi connectivity index (χ3v) is 7.17. The van der Waals surface area contributed by atoms with Gasteiger partial charge in [-0.25, -0.2) is 18.8 Å². The molecule has 0 spiro atoms. The van der Waals surface area contributed by atoms with Gasteiger partial charge in [0, 0.05) is 18.7 Å². The average molecular weight is 401 g/mol. The van der Waals surface area contributed by atoms with Gasteiger partial charge in [0.25, 0.3) is 0 Å². The zero-order valence-corrected chi connectivity index (χ0v) is 16.6. The van der Waals surface area contributed by atoms with E-state index in [-0.39, 0.29) is 4.90 Å². The summed E-state index contributed by atoms with van der Waals surface area (Å²) in [6.07, 6.45) is 6.28. The normalized spacial score (nSPS) is 21.4. The SMILES string of the molecule is C[C@@H]1Cc2cc3c(c(NC(=O)N=S(N)(=O)c4cnn5c4OCCC5)c21)CCC3. The van der Waals surface area contributed by atoms with Crippen LogP contribution in [0.4, 0.5) is 10.5 Å². The second-order valence-electron chi connectivity index (χ2n) is 7.75. The van der Waals surface area contributed by atoms with Gasteiger partial charge >= 0.3 is 6.03 Å². The molecule has 9 heteroatoms. The minimum atomic E-state index is -3.46. The van der Waals surface area contributed by atoms with Crippen LogP contribution in [0.15, 0.2) is 21.5 Å². The van der Waals surface area contributed by atoms with Gasteiger partial charge in [-0.05, 0) is 53.9 Å². The molecule has 0 radical (unpaired) electrons. The van der Waals surface area contributed by atoms with Crippen molar-refractivity contribution in [3.8, 4) is 5.88 Å². The predicted octanol–water partition coefficient (Wildman–Crippen LogP) is 2.75. The largest absolute Gasteiger partial charge is 0.477 e. The number of nitrogens with two attached hydrogens (primary N) is 1. The summed E-state index contributed by atoms with van der Waals surface area (Å²) in [6, 6.07) is 1.58. The Bertz CT molecular complexity index is 1110. The van der Waals surface area contributed by atoms with Gasteiger partial charge in [-0.1, -0.05) is 13.0 Å². The van der Waals surface area contributed by atoms with Crippen molar-refractivity contribution in [2.75, 3.05) is 11.9 Å². The fourth-order valence-electron chi connectivity index (χ4n) is 4.55. The third-order valence-electron chi connectivity index (χ3n) is 5.82.